The van der Waals surface area contributed by atoms with E-state index in [2.05, 4.69) is 46.5 Å². The number of nitrogens with one attached hydrogen (secondary N) is 2. The molecule has 3 nitrogen and oxygen atoms in total. The number of hydrogen-bond donors (Lipinski definition) is 2. The van der Waals surface area contributed by atoms with E-state index in [4.69, 9.17) is 0 Å². The Bertz CT molecular complexity index is 490. The molecule has 0 atom stereocenters. The van der Waals surface area contributed by atoms with Gasteiger partial charge in [-0.05, 0) is 12.5 Å². The Morgan fingerprint density at radius 3 is 2.94 bits per heavy atom. The summed E-state index contributed by atoms with van der Waals surface area (Å²) in [4.78, 5) is 8.10. The van der Waals surface area contributed by atoms with Gasteiger partial charge in [0.2, 0.25) is 0 Å². The molecule has 0 fully saturated rings. The number of nitrogens with zero attached hydrogens (tertiary/aromatic N) is 1. The van der Waals surface area contributed by atoms with E-state index in [0.29, 0.717) is 0 Å². The highest BCUT2D eigenvalue weighted by atomic mass is 15.0. The first-order valence-corrected chi connectivity index (χ1v) is 5.69. The predicted molar refractivity (Wildman–Crippen MR) is 64.2 cm³/mol. The van der Waals surface area contributed by atoms with Crippen LogP contribution in [0.5, 0.6) is 0 Å². The maximum Gasteiger partial charge on any atom is 0.138 e. The van der Waals surface area contributed by atoms with Crippen LogP contribution >= 0.6 is 0 Å². The van der Waals surface area contributed by atoms with Gasteiger partial charge in [0.1, 0.15) is 5.82 Å². The molecule has 1 aliphatic heterocycles. The number of aryl methyl sites for hydroxylation is 1. The second-order valence-electron chi connectivity index (χ2n) is 4.25. The molecule has 2 heterocycles. The van der Waals surface area contributed by atoms with Crippen molar-refractivity contribution in [2.45, 2.75) is 19.9 Å². The van der Waals surface area contributed by atoms with Gasteiger partial charge in [0.05, 0.1) is 11.4 Å². The molecule has 0 amide bonds. The molecule has 0 aliphatic carbocycles. The van der Waals surface area contributed by atoms with Crippen LogP contribution in [-0.2, 0) is 13.0 Å². The smallest absolute Gasteiger partial charge is 0.138 e. The van der Waals surface area contributed by atoms with Crippen LogP contribution < -0.4 is 5.32 Å². The van der Waals surface area contributed by atoms with Gasteiger partial charge in [-0.3, -0.25) is 0 Å². The molecular formula is C13H15N3. The maximum atomic E-state index is 4.69. The minimum absolute atomic E-state index is 0.911. The second-order valence-corrected chi connectivity index (χ2v) is 4.25. The molecule has 1 aromatic heterocycles. The van der Waals surface area contributed by atoms with Crippen molar-refractivity contribution in [3.63, 3.8) is 0 Å². The summed E-state index contributed by atoms with van der Waals surface area (Å²) < 4.78 is 0. The molecule has 0 saturated heterocycles. The van der Waals surface area contributed by atoms with E-state index in [-0.39, 0.29) is 0 Å². The minimum atomic E-state index is 0.911. The number of fused-ring (bicyclic) bond motifs is 1. The number of rotatable bonds is 1. The summed E-state index contributed by atoms with van der Waals surface area (Å²) in [6.07, 6.45) is 1.03. The molecule has 2 N–H and O–H groups in total. The first-order chi connectivity index (χ1) is 7.84. The quantitative estimate of drug-likeness (QED) is 0.761. The first kappa shape index (κ1) is 9.60. The SMILES string of the molecule is Cc1ccccc1-c1nc2c([nH]1)CNCC2. The van der Waals surface area contributed by atoms with Gasteiger partial charge in [0.25, 0.3) is 0 Å². The summed E-state index contributed by atoms with van der Waals surface area (Å²) in [7, 11) is 0. The fraction of sp³-hybridized carbons (Fsp3) is 0.308. The fourth-order valence-corrected chi connectivity index (χ4v) is 2.18. The summed E-state index contributed by atoms with van der Waals surface area (Å²) in [5.74, 6) is 1.01. The molecule has 0 bridgehead atoms. The van der Waals surface area contributed by atoms with Crippen molar-refractivity contribution in [3.05, 3.63) is 41.2 Å². The number of hydrogen-bond acceptors (Lipinski definition) is 2. The van der Waals surface area contributed by atoms with Crippen molar-refractivity contribution in [1.82, 2.24) is 15.3 Å². The monoisotopic (exact) mass is 213 g/mol. The standard InChI is InChI=1S/C13H15N3/c1-9-4-2-3-5-10(9)13-15-11-6-7-14-8-12(11)16-13/h2-5,14H,6-8H2,1H3,(H,15,16). The van der Waals surface area contributed by atoms with Gasteiger partial charge in [-0.1, -0.05) is 24.3 Å². The second kappa shape index (κ2) is 3.76. The van der Waals surface area contributed by atoms with Gasteiger partial charge in [0.15, 0.2) is 0 Å². The van der Waals surface area contributed by atoms with Gasteiger partial charge >= 0.3 is 0 Å². The van der Waals surface area contributed by atoms with E-state index in [9.17, 15) is 0 Å². The van der Waals surface area contributed by atoms with Crippen LogP contribution in [0.3, 0.4) is 0 Å². The van der Waals surface area contributed by atoms with Crippen molar-refractivity contribution < 1.29 is 0 Å². The molecule has 1 aromatic carbocycles. The van der Waals surface area contributed by atoms with E-state index in [1.165, 1.54) is 22.5 Å². The molecule has 2 aromatic rings. The molecule has 0 unspecified atom stereocenters. The van der Waals surface area contributed by atoms with Gasteiger partial charge in [0, 0.05) is 25.1 Å². The van der Waals surface area contributed by atoms with Gasteiger partial charge in [-0.2, -0.15) is 0 Å². The third kappa shape index (κ3) is 1.53. The summed E-state index contributed by atoms with van der Waals surface area (Å²) in [5.41, 5.74) is 4.93. The van der Waals surface area contributed by atoms with Crippen LogP contribution in [0.2, 0.25) is 0 Å². The van der Waals surface area contributed by atoms with E-state index in [0.717, 1.165) is 25.3 Å². The highest BCUT2D eigenvalue weighted by molar-refractivity contribution is 5.60. The highest BCUT2D eigenvalue weighted by Crippen LogP contribution is 2.22. The lowest BCUT2D eigenvalue weighted by molar-refractivity contribution is 0.627. The lowest BCUT2D eigenvalue weighted by Crippen LogP contribution is -2.23. The van der Waals surface area contributed by atoms with E-state index < -0.39 is 0 Å². The van der Waals surface area contributed by atoms with Crippen LogP contribution in [0, 0.1) is 6.92 Å². The molecule has 82 valence electrons. The topological polar surface area (TPSA) is 40.7 Å². The number of H-pyrrole nitrogens is 1. The number of benzene rings is 1. The molecule has 0 spiro atoms. The van der Waals surface area contributed by atoms with Crippen molar-refractivity contribution in [2.24, 2.45) is 0 Å². The van der Waals surface area contributed by atoms with E-state index in [1.807, 2.05) is 0 Å². The molecule has 16 heavy (non-hydrogen) atoms. The Kier molecular flexibility index (Phi) is 2.26. The molecule has 3 heteroatoms. The van der Waals surface area contributed by atoms with Crippen LogP contribution in [0.1, 0.15) is 17.0 Å². The third-order valence-electron chi connectivity index (χ3n) is 3.10. The van der Waals surface area contributed by atoms with E-state index in [1.54, 1.807) is 0 Å². The van der Waals surface area contributed by atoms with Crippen LogP contribution in [-0.4, -0.2) is 16.5 Å². The number of aromatic nitrogens is 2. The van der Waals surface area contributed by atoms with Crippen LogP contribution in [0.15, 0.2) is 24.3 Å². The zero-order valence-electron chi connectivity index (χ0n) is 9.38. The molecule has 0 radical (unpaired) electrons. The van der Waals surface area contributed by atoms with Crippen LogP contribution in [0.25, 0.3) is 11.4 Å². The van der Waals surface area contributed by atoms with E-state index >= 15 is 0 Å². The zero-order chi connectivity index (χ0) is 11.0. The predicted octanol–water partition coefficient (Wildman–Crippen LogP) is 2.03. The van der Waals surface area contributed by atoms with Crippen molar-refractivity contribution in [3.8, 4) is 11.4 Å². The van der Waals surface area contributed by atoms with Crippen molar-refractivity contribution >= 4 is 0 Å². The van der Waals surface area contributed by atoms with Gasteiger partial charge in [-0.25, -0.2) is 4.98 Å². The fourth-order valence-electron chi connectivity index (χ4n) is 2.18. The lowest BCUT2D eigenvalue weighted by atomic mass is 10.1. The average Bonchev–Trinajstić information content (AvgIpc) is 2.73. The van der Waals surface area contributed by atoms with Crippen molar-refractivity contribution in [2.75, 3.05) is 6.54 Å². The largest absolute Gasteiger partial charge is 0.341 e. The Balaban J connectivity index is 2.07. The van der Waals surface area contributed by atoms with Gasteiger partial charge in [-0.15, -0.1) is 0 Å². The summed E-state index contributed by atoms with van der Waals surface area (Å²) in [5, 5.41) is 3.35. The maximum absolute atomic E-state index is 4.69. The van der Waals surface area contributed by atoms with Crippen molar-refractivity contribution in [1.29, 1.82) is 0 Å². The Morgan fingerprint density at radius 2 is 2.12 bits per heavy atom. The van der Waals surface area contributed by atoms with Crippen LogP contribution in [0.4, 0.5) is 0 Å². The summed E-state index contributed by atoms with van der Waals surface area (Å²) in [6.45, 7) is 4.06. The highest BCUT2D eigenvalue weighted by Gasteiger charge is 2.15. The Morgan fingerprint density at radius 1 is 1.25 bits per heavy atom. The number of imidazole rings is 1. The molecular weight excluding hydrogens is 198 g/mol. The minimum Gasteiger partial charge on any atom is -0.341 e. The number of aromatic amines is 1. The average molecular weight is 213 g/mol. The normalized spacial score (nSPS) is 14.8. The Hall–Kier alpha value is -1.61. The molecule has 1 aliphatic rings. The molecule has 0 saturated carbocycles. The third-order valence-corrected chi connectivity index (χ3v) is 3.10. The zero-order valence-corrected chi connectivity index (χ0v) is 9.38. The Labute approximate surface area is 94.9 Å². The lowest BCUT2D eigenvalue weighted by Gasteiger charge is -2.09. The van der Waals surface area contributed by atoms with Gasteiger partial charge < -0.3 is 10.3 Å². The first-order valence-electron chi connectivity index (χ1n) is 5.69. The summed E-state index contributed by atoms with van der Waals surface area (Å²) in [6, 6.07) is 8.35. The molecule has 3 rings (SSSR count). The summed E-state index contributed by atoms with van der Waals surface area (Å²) >= 11 is 0.